The number of rotatable bonds is 7. The van der Waals surface area contributed by atoms with Crippen molar-refractivity contribution in [2.45, 2.75) is 42.5 Å². The molecule has 0 bridgehead atoms. The summed E-state index contributed by atoms with van der Waals surface area (Å²) in [6.45, 7) is 3.62. The molecule has 0 aromatic heterocycles. The van der Waals surface area contributed by atoms with E-state index < -0.39 is 16.2 Å². The van der Waals surface area contributed by atoms with E-state index in [1.54, 1.807) is 12.1 Å². The van der Waals surface area contributed by atoms with Crippen LogP contribution >= 0.6 is 15.9 Å². The number of hydrogen-bond donors (Lipinski definition) is 1. The van der Waals surface area contributed by atoms with Gasteiger partial charge in [-0.1, -0.05) is 47.0 Å². The second-order valence-electron chi connectivity index (χ2n) is 4.42. The molecule has 0 unspecified atom stereocenters. The van der Waals surface area contributed by atoms with Crippen LogP contribution in [0.1, 0.15) is 25.3 Å². The fourth-order valence-corrected chi connectivity index (χ4v) is 3.04. The maximum Gasteiger partial charge on any atom is 0.297 e. The molecule has 0 radical (unpaired) electrons. The second kappa shape index (κ2) is 7.38. The number of hydrogen-bond acceptors (Lipinski definition) is 4. The first-order valence-electron chi connectivity index (χ1n) is 6.15. The van der Waals surface area contributed by atoms with Crippen LogP contribution in [0.15, 0.2) is 29.2 Å². The molecule has 19 heavy (non-hydrogen) atoms. The van der Waals surface area contributed by atoms with Gasteiger partial charge in [-0.15, -0.1) is 0 Å². The van der Waals surface area contributed by atoms with Gasteiger partial charge in [0.05, 0.1) is 17.6 Å². The van der Waals surface area contributed by atoms with Crippen molar-refractivity contribution in [3.05, 3.63) is 29.8 Å². The molecule has 0 saturated carbocycles. The molecule has 1 aromatic rings. The van der Waals surface area contributed by atoms with Gasteiger partial charge in [-0.05, 0) is 25.5 Å². The smallest absolute Gasteiger partial charge is 0.297 e. The Morgan fingerprint density at radius 3 is 2.42 bits per heavy atom. The standard InChI is InChI=1S/C13H19BrO4S/c1-3-4-12(14)13(15)9-18-19(16,17)11-7-5-10(2)6-8-11/h5-8,12-13,15H,3-4,9H2,1-2H3/t12-,13+/m0/s1. The summed E-state index contributed by atoms with van der Waals surface area (Å²) in [5.41, 5.74) is 0.974. The van der Waals surface area contributed by atoms with Gasteiger partial charge in [-0.25, -0.2) is 0 Å². The van der Waals surface area contributed by atoms with Crippen molar-refractivity contribution in [3.63, 3.8) is 0 Å². The third kappa shape index (κ3) is 5.22. The van der Waals surface area contributed by atoms with Crippen LogP contribution in [0.5, 0.6) is 0 Å². The molecule has 0 fully saturated rings. The number of halogens is 1. The highest BCUT2D eigenvalue weighted by Crippen LogP contribution is 2.17. The number of aryl methyl sites for hydroxylation is 1. The molecule has 0 aliphatic heterocycles. The lowest BCUT2D eigenvalue weighted by Gasteiger charge is -2.16. The van der Waals surface area contributed by atoms with E-state index in [-0.39, 0.29) is 16.3 Å². The summed E-state index contributed by atoms with van der Waals surface area (Å²) >= 11 is 3.31. The van der Waals surface area contributed by atoms with E-state index >= 15 is 0 Å². The van der Waals surface area contributed by atoms with Crippen LogP contribution < -0.4 is 0 Å². The molecule has 1 N–H and O–H groups in total. The third-order valence-corrected chi connectivity index (χ3v) is 5.05. The highest BCUT2D eigenvalue weighted by atomic mass is 79.9. The molecule has 4 nitrogen and oxygen atoms in total. The summed E-state index contributed by atoms with van der Waals surface area (Å²) in [6.07, 6.45) is 0.812. The Hall–Kier alpha value is -0.430. The van der Waals surface area contributed by atoms with Crippen molar-refractivity contribution in [2.75, 3.05) is 6.61 Å². The molecule has 108 valence electrons. The van der Waals surface area contributed by atoms with E-state index in [9.17, 15) is 13.5 Å². The summed E-state index contributed by atoms with van der Waals surface area (Å²) in [5, 5.41) is 9.77. The molecule has 2 atom stereocenters. The van der Waals surface area contributed by atoms with Crippen LogP contribution in [-0.2, 0) is 14.3 Å². The molecule has 0 aliphatic carbocycles. The fourth-order valence-electron chi connectivity index (χ4n) is 1.50. The third-order valence-electron chi connectivity index (χ3n) is 2.69. The van der Waals surface area contributed by atoms with E-state index in [1.807, 2.05) is 13.8 Å². The Morgan fingerprint density at radius 2 is 1.89 bits per heavy atom. The van der Waals surface area contributed by atoms with Gasteiger partial charge >= 0.3 is 0 Å². The SMILES string of the molecule is CCC[C@H](Br)[C@H](O)COS(=O)(=O)c1ccc(C)cc1. The lowest BCUT2D eigenvalue weighted by atomic mass is 10.2. The minimum atomic E-state index is -3.80. The van der Waals surface area contributed by atoms with E-state index in [0.29, 0.717) is 0 Å². The normalized spacial score (nSPS) is 15.2. The number of benzene rings is 1. The Kier molecular flexibility index (Phi) is 6.46. The quantitative estimate of drug-likeness (QED) is 0.606. The zero-order chi connectivity index (χ0) is 14.5. The monoisotopic (exact) mass is 350 g/mol. The van der Waals surface area contributed by atoms with Crippen molar-refractivity contribution >= 4 is 26.0 Å². The second-order valence-corrected chi connectivity index (χ2v) is 7.22. The molecule has 1 aromatic carbocycles. The van der Waals surface area contributed by atoms with Gasteiger partial charge in [0, 0.05) is 4.83 Å². The Balaban J connectivity index is 2.63. The van der Waals surface area contributed by atoms with Crippen molar-refractivity contribution in [2.24, 2.45) is 0 Å². The first-order valence-corrected chi connectivity index (χ1v) is 8.47. The van der Waals surface area contributed by atoms with Crippen LogP contribution in [0.4, 0.5) is 0 Å². The molecule has 0 spiro atoms. The Bertz CT molecular complexity index is 484. The van der Waals surface area contributed by atoms with Gasteiger partial charge in [0.25, 0.3) is 10.1 Å². The van der Waals surface area contributed by atoms with Crippen molar-refractivity contribution in [1.82, 2.24) is 0 Å². The predicted octanol–water partition coefficient (Wildman–Crippen LogP) is 2.62. The average molecular weight is 351 g/mol. The maximum absolute atomic E-state index is 11.9. The molecule has 0 amide bonds. The fraction of sp³-hybridized carbons (Fsp3) is 0.538. The summed E-state index contributed by atoms with van der Waals surface area (Å²) in [4.78, 5) is -0.0577. The zero-order valence-electron chi connectivity index (χ0n) is 11.0. The van der Waals surface area contributed by atoms with Gasteiger partial charge in [0.2, 0.25) is 0 Å². The Labute approximate surface area is 123 Å². The largest absolute Gasteiger partial charge is 0.390 e. The van der Waals surface area contributed by atoms with Gasteiger partial charge in [0.1, 0.15) is 0 Å². The van der Waals surface area contributed by atoms with Crippen LogP contribution in [0, 0.1) is 6.92 Å². The van der Waals surface area contributed by atoms with Crippen molar-refractivity contribution < 1.29 is 17.7 Å². The molecular formula is C13H19BrO4S. The highest BCUT2D eigenvalue weighted by molar-refractivity contribution is 9.09. The average Bonchev–Trinajstić information content (AvgIpc) is 2.37. The van der Waals surface area contributed by atoms with Crippen LogP contribution in [-0.4, -0.2) is 31.1 Å². The molecule has 6 heteroatoms. The van der Waals surface area contributed by atoms with E-state index in [0.717, 1.165) is 18.4 Å². The van der Waals surface area contributed by atoms with E-state index in [4.69, 9.17) is 4.18 Å². The van der Waals surface area contributed by atoms with Crippen molar-refractivity contribution in [1.29, 1.82) is 0 Å². The first kappa shape index (κ1) is 16.6. The maximum atomic E-state index is 11.9. The lowest BCUT2D eigenvalue weighted by molar-refractivity contribution is 0.107. The summed E-state index contributed by atoms with van der Waals surface area (Å²) in [5.74, 6) is 0. The zero-order valence-corrected chi connectivity index (χ0v) is 13.4. The minimum absolute atomic E-state index is 0.104. The van der Waals surface area contributed by atoms with Crippen LogP contribution in [0.25, 0.3) is 0 Å². The minimum Gasteiger partial charge on any atom is -0.390 e. The van der Waals surface area contributed by atoms with Crippen LogP contribution in [0.2, 0.25) is 0 Å². The summed E-state index contributed by atoms with van der Waals surface area (Å²) in [7, 11) is -3.80. The van der Waals surface area contributed by atoms with E-state index in [1.165, 1.54) is 12.1 Å². The molecular weight excluding hydrogens is 332 g/mol. The topological polar surface area (TPSA) is 63.6 Å². The Morgan fingerprint density at radius 1 is 1.32 bits per heavy atom. The van der Waals surface area contributed by atoms with Gasteiger partial charge < -0.3 is 5.11 Å². The van der Waals surface area contributed by atoms with Gasteiger partial charge in [-0.3, -0.25) is 4.18 Å². The summed E-state index contributed by atoms with van der Waals surface area (Å²) in [6, 6.07) is 6.40. The number of alkyl halides is 1. The molecule has 1 rings (SSSR count). The van der Waals surface area contributed by atoms with E-state index in [2.05, 4.69) is 15.9 Å². The molecule has 0 heterocycles. The van der Waals surface area contributed by atoms with Gasteiger partial charge in [-0.2, -0.15) is 8.42 Å². The highest BCUT2D eigenvalue weighted by Gasteiger charge is 2.21. The van der Waals surface area contributed by atoms with Gasteiger partial charge in [0.15, 0.2) is 0 Å². The number of aliphatic hydroxyl groups excluding tert-OH is 1. The number of aliphatic hydroxyl groups is 1. The predicted molar refractivity (Wildman–Crippen MR) is 77.9 cm³/mol. The van der Waals surface area contributed by atoms with Crippen molar-refractivity contribution in [3.8, 4) is 0 Å². The lowest BCUT2D eigenvalue weighted by Crippen LogP contribution is -2.27. The first-order chi connectivity index (χ1) is 8.86. The molecule has 0 aliphatic rings. The molecule has 0 saturated heterocycles. The summed E-state index contributed by atoms with van der Waals surface area (Å²) < 4.78 is 28.6. The van der Waals surface area contributed by atoms with Crippen LogP contribution in [0.3, 0.4) is 0 Å².